The summed E-state index contributed by atoms with van der Waals surface area (Å²) in [5.41, 5.74) is 2.77. The Morgan fingerprint density at radius 2 is 1.02 bits per heavy atom. The minimum absolute atomic E-state index is 0.286. The third-order valence-corrected chi connectivity index (χ3v) is 10.8. The van der Waals surface area contributed by atoms with Crippen LogP contribution < -0.4 is 0 Å². The van der Waals surface area contributed by atoms with Crippen molar-refractivity contribution in [2.45, 2.75) is 142 Å². The van der Waals surface area contributed by atoms with Gasteiger partial charge >= 0.3 is 7.82 Å². The van der Waals surface area contributed by atoms with Crippen LogP contribution in [0.1, 0.15) is 140 Å². The van der Waals surface area contributed by atoms with Crippen molar-refractivity contribution in [2.75, 3.05) is 26.3 Å². The monoisotopic (exact) mass is 642 g/mol. The lowest BCUT2D eigenvalue weighted by molar-refractivity contribution is -0.958. The highest BCUT2D eigenvalue weighted by molar-refractivity contribution is 7.47. The highest BCUT2D eigenvalue weighted by Crippen LogP contribution is 2.44. The molecular weight excluding hydrogens is 577 g/mol. The van der Waals surface area contributed by atoms with Crippen molar-refractivity contribution in [3.63, 3.8) is 0 Å². The fourth-order valence-electron chi connectivity index (χ4n) is 6.97. The maximum atomic E-state index is 12.4. The van der Waals surface area contributed by atoms with Crippen molar-refractivity contribution in [3.05, 3.63) is 71.8 Å². The van der Waals surface area contributed by atoms with Crippen LogP contribution in [0, 0.1) is 5.92 Å². The second kappa shape index (κ2) is 22.9. The number of unbranched alkanes of at least 4 members (excludes halogenated alkanes) is 15. The number of hydrogen-bond acceptors (Lipinski definition) is 3. The molecule has 0 amide bonds. The van der Waals surface area contributed by atoms with E-state index in [9.17, 15) is 9.46 Å². The second-order valence-electron chi connectivity index (χ2n) is 13.7. The lowest BCUT2D eigenvalue weighted by Crippen LogP contribution is -2.51. The van der Waals surface area contributed by atoms with E-state index in [0.29, 0.717) is 12.5 Å². The van der Waals surface area contributed by atoms with Gasteiger partial charge in [-0.1, -0.05) is 164 Å². The van der Waals surface area contributed by atoms with Crippen LogP contribution in [0.15, 0.2) is 60.7 Å². The van der Waals surface area contributed by atoms with E-state index in [-0.39, 0.29) is 6.61 Å². The summed E-state index contributed by atoms with van der Waals surface area (Å²) in [6.45, 7) is 7.17. The molecule has 0 aromatic heterocycles. The van der Waals surface area contributed by atoms with Crippen LogP contribution in [-0.4, -0.2) is 35.7 Å². The van der Waals surface area contributed by atoms with Crippen LogP contribution in [0.25, 0.3) is 0 Å². The molecule has 2 aromatic rings. The number of piperidine rings is 1. The molecule has 2 aromatic carbocycles. The predicted molar refractivity (Wildman–Crippen MR) is 189 cm³/mol. The smallest absolute Gasteiger partial charge is 0.316 e. The molecule has 1 heterocycles. The summed E-state index contributed by atoms with van der Waals surface area (Å²) >= 11 is 0. The Labute approximate surface area is 276 Å². The Morgan fingerprint density at radius 1 is 0.622 bits per heavy atom. The van der Waals surface area contributed by atoms with Gasteiger partial charge in [-0.15, -0.1) is 0 Å². The van der Waals surface area contributed by atoms with Crippen LogP contribution >= 0.6 is 7.82 Å². The van der Waals surface area contributed by atoms with Crippen LogP contribution in [-0.2, 0) is 26.7 Å². The summed E-state index contributed by atoms with van der Waals surface area (Å²) < 4.78 is 24.2. The normalized spacial score (nSPS) is 16.5. The first-order chi connectivity index (χ1) is 22.0. The molecule has 0 saturated carbocycles. The Kier molecular flexibility index (Phi) is 19.4. The molecular formula is C39H65NO4P+. The molecule has 1 N–H and O–H groups in total. The van der Waals surface area contributed by atoms with E-state index in [2.05, 4.69) is 67.6 Å². The average molecular weight is 643 g/mol. The fraction of sp³-hybridized carbons (Fsp3) is 0.692. The predicted octanol–water partition coefficient (Wildman–Crippen LogP) is 11.4. The van der Waals surface area contributed by atoms with Crippen LogP contribution in [0.3, 0.4) is 0 Å². The average Bonchev–Trinajstić information content (AvgIpc) is 3.04. The van der Waals surface area contributed by atoms with Crippen molar-refractivity contribution >= 4 is 7.82 Å². The van der Waals surface area contributed by atoms with E-state index in [0.717, 1.165) is 62.8 Å². The van der Waals surface area contributed by atoms with E-state index in [1.54, 1.807) is 0 Å². The zero-order valence-corrected chi connectivity index (χ0v) is 29.5. The third-order valence-electron chi connectivity index (χ3n) is 9.78. The minimum Gasteiger partial charge on any atom is -0.316 e. The molecule has 1 fully saturated rings. The first-order valence-corrected chi connectivity index (χ1v) is 20.0. The maximum absolute atomic E-state index is 12.4. The molecule has 0 spiro atoms. The number of quaternary nitrogens is 1. The highest BCUT2D eigenvalue weighted by Gasteiger charge is 2.34. The molecule has 0 radical (unpaired) electrons. The molecule has 6 heteroatoms. The molecule has 1 saturated heterocycles. The summed E-state index contributed by atoms with van der Waals surface area (Å²) in [4.78, 5) is 10.2. The third kappa shape index (κ3) is 17.3. The fourth-order valence-corrected chi connectivity index (χ4v) is 7.74. The van der Waals surface area contributed by atoms with Gasteiger partial charge in [-0.05, 0) is 31.6 Å². The molecule has 3 rings (SSSR count). The van der Waals surface area contributed by atoms with E-state index in [4.69, 9.17) is 9.05 Å². The molecule has 1 aliphatic heterocycles. The van der Waals surface area contributed by atoms with E-state index in [1.807, 2.05) is 0 Å². The SMILES string of the molecule is CCCCCCCCCCCCCCCCCCOP(=O)(O)OCCC1CC[N+](Cc2ccccc2)(Cc2ccccc2)CC1. The van der Waals surface area contributed by atoms with Gasteiger partial charge in [-0.25, -0.2) is 4.57 Å². The highest BCUT2D eigenvalue weighted by atomic mass is 31.2. The summed E-state index contributed by atoms with van der Waals surface area (Å²) in [5.74, 6) is 0.517. The zero-order chi connectivity index (χ0) is 31.9. The topological polar surface area (TPSA) is 55.8 Å². The minimum atomic E-state index is -3.97. The Hall–Kier alpha value is -1.49. The molecule has 45 heavy (non-hydrogen) atoms. The Balaban J connectivity index is 1.19. The number of phosphoric ester groups is 1. The van der Waals surface area contributed by atoms with Gasteiger partial charge in [0.15, 0.2) is 0 Å². The van der Waals surface area contributed by atoms with E-state index in [1.165, 1.54) is 101 Å². The quantitative estimate of drug-likeness (QED) is 0.0630. The second-order valence-corrected chi connectivity index (χ2v) is 15.2. The summed E-state index contributed by atoms with van der Waals surface area (Å²) in [6, 6.07) is 21.7. The Morgan fingerprint density at radius 3 is 1.47 bits per heavy atom. The zero-order valence-electron chi connectivity index (χ0n) is 28.6. The number of benzene rings is 2. The molecule has 1 unspecified atom stereocenters. The van der Waals surface area contributed by atoms with E-state index >= 15 is 0 Å². The van der Waals surface area contributed by atoms with Gasteiger partial charge in [-0.2, -0.15) is 0 Å². The van der Waals surface area contributed by atoms with Crippen LogP contribution in [0.2, 0.25) is 0 Å². The largest absolute Gasteiger partial charge is 0.472 e. The molecule has 1 atom stereocenters. The van der Waals surface area contributed by atoms with Crippen LogP contribution in [0.5, 0.6) is 0 Å². The van der Waals surface area contributed by atoms with Crippen molar-refractivity contribution in [3.8, 4) is 0 Å². The number of rotatable bonds is 26. The number of hydrogen-bond donors (Lipinski definition) is 1. The van der Waals surface area contributed by atoms with Gasteiger partial charge < -0.3 is 9.38 Å². The van der Waals surface area contributed by atoms with Gasteiger partial charge in [0.1, 0.15) is 13.1 Å². The van der Waals surface area contributed by atoms with Gasteiger partial charge in [0.2, 0.25) is 0 Å². The molecule has 0 aliphatic carbocycles. The standard InChI is InChI=1S/C39H64NO4P/c1-2-3-4-5-6-7-8-9-10-11-12-13-14-15-16-23-33-43-45(41,42)44-34-30-37-28-31-40(32-29-37,35-38-24-19-17-20-25-38)36-39-26-21-18-22-27-39/h17-22,24-27,37H,2-16,23,28-36H2,1H3/p+1. The molecule has 0 bridgehead atoms. The lowest BCUT2D eigenvalue weighted by Gasteiger charge is -2.44. The molecule has 254 valence electrons. The number of likely N-dealkylation sites (tertiary alicyclic amines) is 1. The lowest BCUT2D eigenvalue weighted by atomic mass is 9.91. The van der Waals surface area contributed by atoms with Crippen molar-refractivity contribution in [1.82, 2.24) is 0 Å². The van der Waals surface area contributed by atoms with Gasteiger partial charge in [0.05, 0.1) is 26.3 Å². The summed E-state index contributed by atoms with van der Waals surface area (Å²) in [5, 5.41) is 0. The first-order valence-electron chi connectivity index (χ1n) is 18.6. The van der Waals surface area contributed by atoms with Gasteiger partial charge in [-0.3, -0.25) is 9.05 Å². The van der Waals surface area contributed by atoms with Crippen molar-refractivity contribution in [2.24, 2.45) is 5.92 Å². The first kappa shape index (κ1) is 38.0. The van der Waals surface area contributed by atoms with Gasteiger partial charge in [0.25, 0.3) is 0 Å². The molecule has 5 nitrogen and oxygen atoms in total. The maximum Gasteiger partial charge on any atom is 0.472 e. The summed E-state index contributed by atoms with van der Waals surface area (Å²) in [6.07, 6.45) is 24.0. The van der Waals surface area contributed by atoms with Crippen LogP contribution in [0.4, 0.5) is 0 Å². The molecule has 1 aliphatic rings. The van der Waals surface area contributed by atoms with Crippen molar-refractivity contribution < 1.29 is 23.0 Å². The van der Waals surface area contributed by atoms with E-state index < -0.39 is 7.82 Å². The number of phosphoric acid groups is 1. The summed E-state index contributed by atoms with van der Waals surface area (Å²) in [7, 11) is -3.97. The Bertz CT molecular complexity index is 982. The van der Waals surface area contributed by atoms with Crippen molar-refractivity contribution in [1.29, 1.82) is 0 Å². The van der Waals surface area contributed by atoms with Gasteiger partial charge in [0, 0.05) is 11.1 Å². The number of nitrogens with zero attached hydrogens (tertiary/aromatic N) is 1.